The van der Waals surface area contributed by atoms with Gasteiger partial charge in [0, 0.05) is 56.9 Å². The van der Waals surface area contributed by atoms with Crippen LogP contribution in [0.3, 0.4) is 0 Å². The van der Waals surface area contributed by atoms with Crippen LogP contribution in [-0.2, 0) is 0 Å². The summed E-state index contributed by atoms with van der Waals surface area (Å²) in [6.07, 6.45) is -1.42. The Labute approximate surface area is 173 Å². The van der Waals surface area contributed by atoms with E-state index < -0.39 is 29.3 Å². The Morgan fingerprint density at radius 3 is 2.43 bits per heavy atom. The Morgan fingerprint density at radius 2 is 1.90 bits per heavy atom. The van der Waals surface area contributed by atoms with E-state index in [0.717, 1.165) is 39.0 Å². The van der Waals surface area contributed by atoms with Crippen molar-refractivity contribution in [2.24, 2.45) is 0 Å². The molecule has 8 nitrogen and oxygen atoms in total. The minimum atomic E-state index is -4.62. The Balaban J connectivity index is 1.76. The highest BCUT2D eigenvalue weighted by Crippen LogP contribution is 2.34. The smallest absolute Gasteiger partial charge is 0.422 e. The Morgan fingerprint density at radius 1 is 1.27 bits per heavy atom. The fraction of sp³-hybridized carbons (Fsp3) is 0.632. The molecule has 0 radical (unpaired) electrons. The molecule has 3 heterocycles. The van der Waals surface area contributed by atoms with Crippen LogP contribution in [0, 0.1) is 10.1 Å². The molecule has 30 heavy (non-hydrogen) atoms. The Kier molecular flexibility index (Phi) is 6.81. The number of ether oxygens (including phenoxy) is 1. The summed E-state index contributed by atoms with van der Waals surface area (Å²) in [4.78, 5) is 21.3. The number of nitrogens with zero attached hydrogens (tertiary/aromatic N) is 5. The van der Waals surface area contributed by atoms with Crippen molar-refractivity contribution in [1.82, 2.24) is 14.8 Å². The van der Waals surface area contributed by atoms with Crippen LogP contribution in [0.1, 0.15) is 18.4 Å². The molecule has 0 spiro atoms. The van der Waals surface area contributed by atoms with E-state index in [4.69, 9.17) is 0 Å². The van der Waals surface area contributed by atoms with Crippen LogP contribution in [-0.4, -0.2) is 84.8 Å². The summed E-state index contributed by atoms with van der Waals surface area (Å²) in [5.74, 6) is -0.260. The van der Waals surface area contributed by atoms with E-state index in [0.29, 0.717) is 30.5 Å². The fourth-order valence-corrected chi connectivity index (χ4v) is 3.91. The van der Waals surface area contributed by atoms with Crippen molar-refractivity contribution in [2.45, 2.75) is 25.1 Å². The van der Waals surface area contributed by atoms with Gasteiger partial charge in [-0.2, -0.15) is 18.2 Å². The predicted octanol–water partition coefficient (Wildman–Crippen LogP) is 2.79. The number of piperidine rings is 1. The van der Waals surface area contributed by atoms with Gasteiger partial charge < -0.3 is 14.5 Å². The molecule has 0 unspecified atom stereocenters. The second kappa shape index (κ2) is 9.17. The average Bonchev–Trinajstić information content (AvgIpc) is 2.71. The lowest BCUT2D eigenvalue weighted by atomic mass is 10.0. The molecule has 2 saturated heterocycles. The summed E-state index contributed by atoms with van der Waals surface area (Å²) in [7, 11) is 2.11. The third-order valence-corrected chi connectivity index (χ3v) is 5.58. The lowest BCUT2D eigenvalue weighted by Crippen LogP contribution is -2.52. The van der Waals surface area contributed by atoms with Crippen molar-refractivity contribution < 1.29 is 22.8 Å². The minimum Gasteiger partial charge on any atom is -0.463 e. The molecule has 0 aliphatic carbocycles. The zero-order valence-electron chi connectivity index (χ0n) is 16.9. The van der Waals surface area contributed by atoms with Crippen molar-refractivity contribution in [1.29, 1.82) is 0 Å². The number of hydrogen-bond donors (Lipinski definition) is 0. The summed E-state index contributed by atoms with van der Waals surface area (Å²) in [5.41, 5.74) is -0.204. The Bertz CT molecular complexity index is 773. The maximum atomic E-state index is 12.6. The number of alkyl halides is 3. The van der Waals surface area contributed by atoms with Gasteiger partial charge in [0.05, 0.1) is 4.92 Å². The molecule has 1 aromatic heterocycles. The van der Waals surface area contributed by atoms with Gasteiger partial charge in [-0.15, -0.1) is 0 Å². The molecule has 1 aromatic rings. The molecule has 2 aliphatic heterocycles. The highest BCUT2D eigenvalue weighted by atomic mass is 19.4. The number of halogens is 3. The number of rotatable bonds is 6. The maximum absolute atomic E-state index is 12.6. The molecule has 0 N–H and O–H groups in total. The number of nitro groups is 1. The molecular weight excluding hydrogens is 403 g/mol. The summed E-state index contributed by atoms with van der Waals surface area (Å²) in [6.45, 7) is 7.44. The van der Waals surface area contributed by atoms with E-state index in [9.17, 15) is 23.3 Å². The lowest BCUT2D eigenvalue weighted by molar-refractivity contribution is -0.386. The summed E-state index contributed by atoms with van der Waals surface area (Å²) >= 11 is 0. The van der Waals surface area contributed by atoms with E-state index in [1.54, 1.807) is 0 Å². The van der Waals surface area contributed by atoms with Gasteiger partial charge in [0.2, 0.25) is 0 Å². The molecule has 166 valence electrons. The summed E-state index contributed by atoms with van der Waals surface area (Å²) in [5, 5.41) is 11.3. The molecular formula is C19H26F3N5O3. The van der Waals surface area contributed by atoms with Gasteiger partial charge in [0.25, 0.3) is 5.88 Å². The number of piperazine rings is 1. The van der Waals surface area contributed by atoms with Crippen molar-refractivity contribution in [3.63, 3.8) is 0 Å². The van der Waals surface area contributed by atoms with Crippen LogP contribution in [0.15, 0.2) is 12.6 Å². The fourth-order valence-electron chi connectivity index (χ4n) is 3.91. The molecule has 2 aliphatic rings. The van der Waals surface area contributed by atoms with Gasteiger partial charge >= 0.3 is 11.9 Å². The van der Waals surface area contributed by atoms with Gasteiger partial charge in [0.15, 0.2) is 6.61 Å². The van der Waals surface area contributed by atoms with E-state index in [1.165, 1.54) is 12.1 Å². The van der Waals surface area contributed by atoms with Crippen LogP contribution >= 0.6 is 0 Å². The van der Waals surface area contributed by atoms with E-state index >= 15 is 0 Å². The molecule has 0 atom stereocenters. The average molecular weight is 429 g/mol. The number of aromatic nitrogens is 1. The number of anilines is 1. The number of hydrogen-bond acceptors (Lipinski definition) is 7. The molecule has 3 rings (SSSR count). The molecule has 0 saturated carbocycles. The predicted molar refractivity (Wildman–Crippen MR) is 107 cm³/mol. The van der Waals surface area contributed by atoms with Crippen molar-refractivity contribution >= 4 is 17.6 Å². The van der Waals surface area contributed by atoms with E-state index in [-0.39, 0.29) is 0 Å². The molecule has 0 amide bonds. The highest BCUT2D eigenvalue weighted by molar-refractivity contribution is 5.68. The molecule has 11 heteroatoms. The van der Waals surface area contributed by atoms with Crippen LogP contribution in [0.2, 0.25) is 0 Å². The first-order valence-electron chi connectivity index (χ1n) is 9.87. The van der Waals surface area contributed by atoms with E-state index in [1.807, 2.05) is 4.90 Å². The van der Waals surface area contributed by atoms with Crippen LogP contribution in [0.25, 0.3) is 6.08 Å². The largest absolute Gasteiger partial charge is 0.463 e. The van der Waals surface area contributed by atoms with Gasteiger partial charge in [-0.25, -0.2) is 0 Å². The topological polar surface area (TPSA) is 75.0 Å². The molecule has 2 fully saturated rings. The van der Waals surface area contributed by atoms with Gasteiger partial charge in [-0.1, -0.05) is 12.7 Å². The highest BCUT2D eigenvalue weighted by Gasteiger charge is 2.33. The monoisotopic (exact) mass is 429 g/mol. The van der Waals surface area contributed by atoms with Crippen molar-refractivity contribution in [3.05, 3.63) is 28.3 Å². The quantitative estimate of drug-likeness (QED) is 0.509. The normalized spacial score (nSPS) is 19.7. The first kappa shape index (κ1) is 22.3. The lowest BCUT2D eigenvalue weighted by Gasteiger charge is -2.42. The number of likely N-dealkylation sites (N-methyl/N-ethyl adjacent to an activating group) is 1. The SMILES string of the molecule is C=Cc1cc([N+](=O)[O-])c(OCC(F)(F)F)nc1N1CCC(N2CCN(C)CC2)CC1. The summed E-state index contributed by atoms with van der Waals surface area (Å²) < 4.78 is 42.4. The molecule has 0 aromatic carbocycles. The maximum Gasteiger partial charge on any atom is 0.422 e. The number of pyridine rings is 1. The first-order valence-corrected chi connectivity index (χ1v) is 9.87. The van der Waals surface area contributed by atoms with Crippen LogP contribution < -0.4 is 9.64 Å². The third-order valence-electron chi connectivity index (χ3n) is 5.58. The van der Waals surface area contributed by atoms with Gasteiger partial charge in [-0.05, 0) is 19.9 Å². The zero-order valence-corrected chi connectivity index (χ0v) is 16.9. The van der Waals surface area contributed by atoms with Gasteiger partial charge in [0.1, 0.15) is 5.82 Å². The van der Waals surface area contributed by atoms with Gasteiger partial charge in [-0.3, -0.25) is 15.0 Å². The Hall–Kier alpha value is -2.40. The van der Waals surface area contributed by atoms with Crippen molar-refractivity contribution in [3.8, 4) is 5.88 Å². The zero-order chi connectivity index (χ0) is 21.9. The minimum absolute atomic E-state index is 0.365. The molecule has 0 bridgehead atoms. The van der Waals surface area contributed by atoms with Crippen LogP contribution in [0.4, 0.5) is 24.7 Å². The summed E-state index contributed by atoms with van der Waals surface area (Å²) in [6, 6.07) is 1.62. The first-order chi connectivity index (χ1) is 14.2. The second-order valence-electron chi connectivity index (χ2n) is 7.65. The van der Waals surface area contributed by atoms with Crippen LogP contribution in [0.5, 0.6) is 5.88 Å². The van der Waals surface area contributed by atoms with E-state index in [2.05, 4.69) is 33.1 Å². The standard InChI is InChI=1S/C19H26F3N5O3/c1-3-14-12-16(27(28)29)18(30-13-19(20,21)22)23-17(14)26-6-4-15(5-7-26)25-10-8-24(2)9-11-25/h3,12,15H,1,4-11,13H2,2H3. The third kappa shape index (κ3) is 5.39. The second-order valence-corrected chi connectivity index (χ2v) is 7.65. The van der Waals surface area contributed by atoms with Crippen molar-refractivity contribution in [2.75, 3.05) is 57.8 Å².